The van der Waals surface area contributed by atoms with Gasteiger partial charge < -0.3 is 44.0 Å². The summed E-state index contributed by atoms with van der Waals surface area (Å²) in [6.45, 7) is 7.38. The molecule has 0 aromatic heterocycles. The Morgan fingerprint density at radius 1 is 0.765 bits per heavy atom. The van der Waals surface area contributed by atoms with Crippen molar-refractivity contribution >= 4 is 23.8 Å². The van der Waals surface area contributed by atoms with Crippen molar-refractivity contribution < 1.29 is 56.4 Å². The maximum atomic E-state index is 15.7. The molecule has 0 unspecified atom stereocenters. The number of hydrogen-bond donors (Lipinski definition) is 1. The molecule has 2 N–H and O–H groups in total. The molecule has 0 spiro atoms. The normalized spacial score (nSPS) is 14.1. The molecule has 280 valence electrons. The Hall–Kier alpha value is -4.66. The van der Waals surface area contributed by atoms with Crippen LogP contribution in [0.5, 0.6) is 23.0 Å². The summed E-state index contributed by atoms with van der Waals surface area (Å²) >= 11 is 0. The third kappa shape index (κ3) is 9.99. The molecule has 0 bridgehead atoms. The third-order valence-electron chi connectivity index (χ3n) is 8.28. The summed E-state index contributed by atoms with van der Waals surface area (Å²) in [5, 5.41) is 0. The Bertz CT molecular complexity index is 1630. The summed E-state index contributed by atoms with van der Waals surface area (Å²) in [6.07, 6.45) is -0.571. The molecule has 2 aromatic rings. The minimum Gasteiger partial charge on any atom is -0.493 e. The summed E-state index contributed by atoms with van der Waals surface area (Å²) in [7, 11) is 2.76. The lowest BCUT2D eigenvalue weighted by Crippen LogP contribution is -2.28. The molecule has 2 aliphatic rings. The van der Waals surface area contributed by atoms with Crippen molar-refractivity contribution in [2.45, 2.75) is 97.7 Å². The number of fused-ring (bicyclic) bond motifs is 2. The highest BCUT2D eigenvalue weighted by molar-refractivity contribution is 5.83. The number of hydrogen-bond acceptors (Lipinski definition) is 11. The van der Waals surface area contributed by atoms with Gasteiger partial charge in [0.05, 0.1) is 40.3 Å². The molecule has 0 aliphatic carbocycles. The van der Waals surface area contributed by atoms with E-state index in [-0.39, 0.29) is 118 Å². The van der Waals surface area contributed by atoms with Gasteiger partial charge in [0.25, 0.3) is 0 Å². The lowest BCUT2D eigenvalue weighted by atomic mass is 10.1. The van der Waals surface area contributed by atoms with Crippen LogP contribution < -0.4 is 24.7 Å². The number of nitrogens with zero attached hydrogens (tertiary/aromatic N) is 2. The first-order chi connectivity index (χ1) is 24.1. The summed E-state index contributed by atoms with van der Waals surface area (Å²) in [5.41, 5.74) is 6.53. The topological polar surface area (TPSA) is 156 Å². The lowest BCUT2D eigenvalue weighted by molar-refractivity contribution is -0.156. The number of carbonyl (C=O) groups is 4. The Morgan fingerprint density at radius 2 is 1.22 bits per heavy atom. The molecule has 2 aliphatic heterocycles. The van der Waals surface area contributed by atoms with E-state index in [0.717, 1.165) is 0 Å². The maximum absolute atomic E-state index is 15.7. The Balaban J connectivity index is 1.31. The zero-order valence-corrected chi connectivity index (χ0v) is 30.0. The molecule has 4 rings (SSSR count). The third-order valence-corrected chi connectivity index (χ3v) is 8.28. The van der Waals surface area contributed by atoms with Gasteiger partial charge in [-0.1, -0.05) is 0 Å². The Kier molecular flexibility index (Phi) is 13.1. The smallest absolute Gasteiger partial charge is 0.306 e. The van der Waals surface area contributed by atoms with Gasteiger partial charge in [0.2, 0.25) is 11.8 Å². The maximum Gasteiger partial charge on any atom is 0.306 e. The van der Waals surface area contributed by atoms with Crippen LogP contribution in [-0.4, -0.2) is 79.2 Å². The van der Waals surface area contributed by atoms with E-state index in [1.54, 1.807) is 39.8 Å². The van der Waals surface area contributed by atoms with Crippen molar-refractivity contribution in [1.29, 1.82) is 0 Å². The first kappa shape index (κ1) is 39.1. The number of methoxy groups -OCH3 is 2. The summed E-state index contributed by atoms with van der Waals surface area (Å²) < 4.78 is 64.0. The Morgan fingerprint density at radius 3 is 1.63 bits per heavy atom. The number of halogens is 2. The van der Waals surface area contributed by atoms with Gasteiger partial charge in [0, 0.05) is 63.1 Å². The largest absolute Gasteiger partial charge is 0.493 e. The predicted octanol–water partition coefficient (Wildman–Crippen LogP) is 4.31. The molecular weight excluding hydrogens is 672 g/mol. The number of nitrogens with two attached hydrogens (primary N) is 1. The van der Waals surface area contributed by atoms with Crippen molar-refractivity contribution in [3.8, 4) is 23.0 Å². The van der Waals surface area contributed by atoms with Crippen LogP contribution in [0, 0.1) is 11.6 Å². The van der Waals surface area contributed by atoms with Crippen molar-refractivity contribution in [3.05, 3.63) is 46.0 Å². The molecule has 2 aromatic carbocycles. The van der Waals surface area contributed by atoms with Crippen molar-refractivity contribution in [2.24, 2.45) is 5.73 Å². The molecule has 1 atom stereocenters. The van der Waals surface area contributed by atoms with Crippen molar-refractivity contribution in [3.63, 3.8) is 0 Å². The van der Waals surface area contributed by atoms with E-state index >= 15 is 8.78 Å². The second kappa shape index (κ2) is 17.0. The molecule has 2 heterocycles. The van der Waals surface area contributed by atoms with Crippen LogP contribution in [0.2, 0.25) is 0 Å². The van der Waals surface area contributed by atoms with Crippen LogP contribution in [0.25, 0.3) is 0 Å². The fourth-order valence-corrected chi connectivity index (χ4v) is 5.71. The quantitative estimate of drug-likeness (QED) is 0.195. The first-order valence-electron chi connectivity index (χ1n) is 16.8. The average Bonchev–Trinajstić information content (AvgIpc) is 3.72. The van der Waals surface area contributed by atoms with Gasteiger partial charge in [-0.05, 0) is 51.0 Å². The highest BCUT2D eigenvalue weighted by atomic mass is 19.1. The SMILES string of the molecule is COc1cc2c(c(F)c1OCCCOc1c(OC)cc3c(c1F)CN(C(=O)CCC(=O)OC(C)(C)C)C3)CN(C(=O)CCC(=O)O[C@@H](C)CN)C2. The first-order valence-corrected chi connectivity index (χ1v) is 16.8. The van der Waals surface area contributed by atoms with Crippen LogP contribution in [0.1, 0.15) is 82.1 Å². The molecule has 0 fully saturated rings. The lowest BCUT2D eigenvalue weighted by Gasteiger charge is -2.20. The molecular formula is C36H47F2N3O10. The van der Waals surface area contributed by atoms with Gasteiger partial charge in [0.1, 0.15) is 11.7 Å². The van der Waals surface area contributed by atoms with E-state index in [2.05, 4.69) is 0 Å². The monoisotopic (exact) mass is 719 g/mol. The number of benzene rings is 2. The van der Waals surface area contributed by atoms with E-state index in [9.17, 15) is 19.2 Å². The summed E-state index contributed by atoms with van der Waals surface area (Å²) in [5.74, 6) is -2.90. The van der Waals surface area contributed by atoms with Crippen molar-refractivity contribution in [2.75, 3.05) is 34.0 Å². The van der Waals surface area contributed by atoms with Crippen LogP contribution in [-0.2, 0) is 54.8 Å². The fraction of sp³-hybridized carbons (Fsp3) is 0.556. The van der Waals surface area contributed by atoms with Gasteiger partial charge in [-0.15, -0.1) is 0 Å². The minimum absolute atomic E-state index is 0.00187. The van der Waals surface area contributed by atoms with Gasteiger partial charge in [-0.25, -0.2) is 8.78 Å². The molecule has 2 amide bonds. The standard InChI is InChI=1S/C36H47F2N3O10/c1-21(16-39)50-30(44)10-8-28(42)40-17-22-14-26(46-5)34(32(37)24(22)19-40)48-12-7-13-49-35-27(47-6)15-23-18-41(20-25(23)33(35)38)29(43)9-11-31(45)51-36(2,3)4/h14-15,21H,7-13,16-20,39H2,1-6H3/t21-/m0/s1. The summed E-state index contributed by atoms with van der Waals surface area (Å²) in [4.78, 5) is 52.5. The van der Waals surface area contributed by atoms with E-state index in [1.165, 1.54) is 24.0 Å². The number of carbonyl (C=O) groups excluding carboxylic acids is 4. The minimum atomic E-state index is -0.659. The zero-order valence-electron chi connectivity index (χ0n) is 30.0. The van der Waals surface area contributed by atoms with Crippen LogP contribution in [0.3, 0.4) is 0 Å². The van der Waals surface area contributed by atoms with Crippen LogP contribution in [0.4, 0.5) is 8.78 Å². The second-order valence-electron chi connectivity index (χ2n) is 13.4. The second-order valence-corrected chi connectivity index (χ2v) is 13.4. The summed E-state index contributed by atoms with van der Waals surface area (Å²) in [6, 6.07) is 3.24. The van der Waals surface area contributed by atoms with Gasteiger partial charge in [-0.3, -0.25) is 19.2 Å². The van der Waals surface area contributed by atoms with E-state index in [4.69, 9.17) is 34.2 Å². The number of esters is 2. The number of rotatable bonds is 16. The zero-order chi connectivity index (χ0) is 37.5. The highest BCUT2D eigenvalue weighted by Gasteiger charge is 2.32. The van der Waals surface area contributed by atoms with Gasteiger partial charge in [0.15, 0.2) is 34.6 Å². The Labute approximate surface area is 296 Å². The molecule has 0 saturated carbocycles. The molecule has 0 radical (unpaired) electrons. The number of ether oxygens (including phenoxy) is 6. The van der Waals surface area contributed by atoms with Gasteiger partial charge >= 0.3 is 11.9 Å². The van der Waals surface area contributed by atoms with Crippen molar-refractivity contribution in [1.82, 2.24) is 9.80 Å². The van der Waals surface area contributed by atoms with E-state index in [1.807, 2.05) is 0 Å². The molecule has 51 heavy (non-hydrogen) atoms. The fourth-order valence-electron chi connectivity index (χ4n) is 5.71. The van der Waals surface area contributed by atoms with Crippen LogP contribution >= 0.6 is 0 Å². The predicted molar refractivity (Wildman–Crippen MR) is 179 cm³/mol. The van der Waals surface area contributed by atoms with E-state index in [0.29, 0.717) is 16.7 Å². The molecule has 15 heteroatoms. The number of amides is 2. The average molecular weight is 720 g/mol. The highest BCUT2D eigenvalue weighted by Crippen LogP contribution is 2.40. The van der Waals surface area contributed by atoms with Crippen LogP contribution in [0.15, 0.2) is 12.1 Å². The molecule has 0 saturated heterocycles. The van der Waals surface area contributed by atoms with E-state index < -0.39 is 35.3 Å². The van der Waals surface area contributed by atoms with Gasteiger partial charge in [-0.2, -0.15) is 0 Å². The molecule has 13 nitrogen and oxygen atoms in total.